The summed E-state index contributed by atoms with van der Waals surface area (Å²) in [5, 5.41) is 8.78. The van der Waals surface area contributed by atoms with E-state index in [1.165, 1.54) is 5.56 Å². The standard InChI is InChI=1S/C15H26N2O/c16-10-7-12-17(11-5-2-6-13-18)14-15-8-3-1-4-9-15/h1,3-4,8-9,18H,2,5-7,10-14,16H2. The van der Waals surface area contributed by atoms with Crippen LogP contribution >= 0.6 is 0 Å². The van der Waals surface area contributed by atoms with Crippen molar-refractivity contribution in [2.24, 2.45) is 5.73 Å². The minimum Gasteiger partial charge on any atom is -0.396 e. The van der Waals surface area contributed by atoms with Crippen molar-refractivity contribution in [1.82, 2.24) is 4.90 Å². The lowest BCUT2D eigenvalue weighted by Crippen LogP contribution is -2.27. The van der Waals surface area contributed by atoms with E-state index in [9.17, 15) is 0 Å². The molecule has 3 N–H and O–H groups in total. The highest BCUT2D eigenvalue weighted by Gasteiger charge is 2.05. The number of hydrogen-bond donors (Lipinski definition) is 2. The zero-order chi connectivity index (χ0) is 13.1. The molecule has 0 saturated heterocycles. The molecule has 0 spiro atoms. The lowest BCUT2D eigenvalue weighted by molar-refractivity contribution is 0.245. The molecular formula is C15H26N2O. The lowest BCUT2D eigenvalue weighted by Gasteiger charge is -2.22. The van der Waals surface area contributed by atoms with Crippen LogP contribution < -0.4 is 5.73 Å². The molecule has 102 valence electrons. The van der Waals surface area contributed by atoms with E-state index in [-0.39, 0.29) is 0 Å². The Bertz CT molecular complexity index is 290. The molecule has 0 heterocycles. The molecule has 3 heteroatoms. The van der Waals surface area contributed by atoms with Crippen molar-refractivity contribution in [2.75, 3.05) is 26.2 Å². The topological polar surface area (TPSA) is 49.5 Å². The molecule has 0 aliphatic carbocycles. The molecule has 1 aromatic carbocycles. The summed E-state index contributed by atoms with van der Waals surface area (Å²) >= 11 is 0. The van der Waals surface area contributed by atoms with Gasteiger partial charge in [-0.25, -0.2) is 0 Å². The fourth-order valence-corrected chi connectivity index (χ4v) is 2.05. The maximum Gasteiger partial charge on any atom is 0.0431 e. The second-order valence-corrected chi connectivity index (χ2v) is 4.69. The van der Waals surface area contributed by atoms with Crippen LogP contribution in [0.15, 0.2) is 30.3 Å². The van der Waals surface area contributed by atoms with Crippen molar-refractivity contribution in [3.63, 3.8) is 0 Å². The molecule has 18 heavy (non-hydrogen) atoms. The Hall–Kier alpha value is -0.900. The van der Waals surface area contributed by atoms with Gasteiger partial charge in [0.1, 0.15) is 0 Å². The molecule has 3 nitrogen and oxygen atoms in total. The van der Waals surface area contributed by atoms with Crippen LogP contribution in [-0.4, -0.2) is 36.2 Å². The largest absolute Gasteiger partial charge is 0.396 e. The number of benzene rings is 1. The maximum absolute atomic E-state index is 8.78. The first kappa shape index (κ1) is 15.2. The SMILES string of the molecule is NCCCN(CCCCCO)Cc1ccccc1. The van der Waals surface area contributed by atoms with Gasteiger partial charge >= 0.3 is 0 Å². The average Bonchev–Trinajstić information content (AvgIpc) is 2.41. The molecule has 1 aromatic rings. The number of aliphatic hydroxyl groups is 1. The van der Waals surface area contributed by atoms with Crippen LogP contribution in [0.4, 0.5) is 0 Å². The van der Waals surface area contributed by atoms with Gasteiger partial charge in [-0.2, -0.15) is 0 Å². The summed E-state index contributed by atoms with van der Waals surface area (Å²) in [6.07, 6.45) is 4.21. The highest BCUT2D eigenvalue weighted by atomic mass is 16.2. The van der Waals surface area contributed by atoms with Gasteiger partial charge in [0.05, 0.1) is 0 Å². The van der Waals surface area contributed by atoms with E-state index in [0.29, 0.717) is 6.61 Å². The maximum atomic E-state index is 8.78. The highest BCUT2D eigenvalue weighted by molar-refractivity contribution is 5.14. The number of nitrogens with zero attached hydrogens (tertiary/aromatic N) is 1. The van der Waals surface area contributed by atoms with E-state index in [4.69, 9.17) is 10.8 Å². The highest BCUT2D eigenvalue weighted by Crippen LogP contribution is 2.07. The molecule has 0 unspecified atom stereocenters. The van der Waals surface area contributed by atoms with E-state index in [2.05, 4.69) is 35.2 Å². The molecule has 0 aliphatic rings. The third-order valence-corrected chi connectivity index (χ3v) is 3.06. The van der Waals surface area contributed by atoms with E-state index >= 15 is 0 Å². The molecule has 0 fully saturated rings. The summed E-state index contributed by atoms with van der Waals surface area (Å²) in [6.45, 7) is 4.21. The average molecular weight is 250 g/mol. The molecule has 0 bridgehead atoms. The van der Waals surface area contributed by atoms with Gasteiger partial charge in [-0.15, -0.1) is 0 Å². The van der Waals surface area contributed by atoms with Crippen LogP contribution in [-0.2, 0) is 6.54 Å². The van der Waals surface area contributed by atoms with Crippen LogP contribution in [0, 0.1) is 0 Å². The predicted octanol–water partition coefficient (Wildman–Crippen LogP) is 2.00. The second kappa shape index (κ2) is 10.1. The Labute approximate surface area is 111 Å². The summed E-state index contributed by atoms with van der Waals surface area (Å²) in [4.78, 5) is 2.46. The first-order chi connectivity index (χ1) is 8.86. The Morgan fingerprint density at radius 3 is 2.33 bits per heavy atom. The fourth-order valence-electron chi connectivity index (χ4n) is 2.05. The predicted molar refractivity (Wildman–Crippen MR) is 76.3 cm³/mol. The normalized spacial score (nSPS) is 11.1. The second-order valence-electron chi connectivity index (χ2n) is 4.69. The number of aliphatic hydroxyl groups excluding tert-OH is 1. The van der Waals surface area contributed by atoms with Crippen molar-refractivity contribution in [1.29, 1.82) is 0 Å². The summed E-state index contributed by atoms with van der Waals surface area (Å²) in [5.41, 5.74) is 6.94. The Morgan fingerprint density at radius 2 is 1.67 bits per heavy atom. The quantitative estimate of drug-likeness (QED) is 0.624. The van der Waals surface area contributed by atoms with Gasteiger partial charge in [0.2, 0.25) is 0 Å². The minimum absolute atomic E-state index is 0.307. The minimum atomic E-state index is 0.307. The Morgan fingerprint density at radius 1 is 0.944 bits per heavy atom. The van der Waals surface area contributed by atoms with Crippen molar-refractivity contribution in [2.45, 2.75) is 32.2 Å². The van der Waals surface area contributed by atoms with Crippen LogP contribution in [0.1, 0.15) is 31.2 Å². The van der Waals surface area contributed by atoms with Crippen LogP contribution in [0.25, 0.3) is 0 Å². The van der Waals surface area contributed by atoms with Gasteiger partial charge < -0.3 is 10.8 Å². The van der Waals surface area contributed by atoms with Gasteiger partial charge in [-0.1, -0.05) is 30.3 Å². The summed E-state index contributed by atoms with van der Waals surface area (Å²) < 4.78 is 0. The summed E-state index contributed by atoms with van der Waals surface area (Å²) in [5.74, 6) is 0. The smallest absolute Gasteiger partial charge is 0.0431 e. The monoisotopic (exact) mass is 250 g/mol. The van der Waals surface area contributed by atoms with E-state index in [1.807, 2.05) is 0 Å². The molecular weight excluding hydrogens is 224 g/mol. The Kier molecular flexibility index (Phi) is 8.47. The van der Waals surface area contributed by atoms with Gasteiger partial charge in [-0.3, -0.25) is 4.90 Å². The fraction of sp³-hybridized carbons (Fsp3) is 0.600. The third-order valence-electron chi connectivity index (χ3n) is 3.06. The van der Waals surface area contributed by atoms with Crippen molar-refractivity contribution in [3.8, 4) is 0 Å². The third kappa shape index (κ3) is 6.74. The first-order valence-electron chi connectivity index (χ1n) is 6.94. The van der Waals surface area contributed by atoms with Crippen LogP contribution in [0.2, 0.25) is 0 Å². The van der Waals surface area contributed by atoms with Crippen molar-refractivity contribution >= 4 is 0 Å². The first-order valence-corrected chi connectivity index (χ1v) is 6.94. The van der Waals surface area contributed by atoms with E-state index in [0.717, 1.165) is 51.9 Å². The molecule has 0 radical (unpaired) electrons. The lowest BCUT2D eigenvalue weighted by atomic mass is 10.2. The van der Waals surface area contributed by atoms with E-state index < -0.39 is 0 Å². The van der Waals surface area contributed by atoms with Crippen molar-refractivity contribution in [3.05, 3.63) is 35.9 Å². The zero-order valence-electron chi connectivity index (χ0n) is 11.2. The molecule has 1 rings (SSSR count). The van der Waals surface area contributed by atoms with Crippen molar-refractivity contribution < 1.29 is 5.11 Å². The summed E-state index contributed by atoms with van der Waals surface area (Å²) in [7, 11) is 0. The van der Waals surface area contributed by atoms with Gasteiger partial charge in [-0.05, 0) is 50.9 Å². The van der Waals surface area contributed by atoms with Gasteiger partial charge in [0, 0.05) is 13.2 Å². The molecule has 0 amide bonds. The van der Waals surface area contributed by atoms with E-state index in [1.54, 1.807) is 0 Å². The van der Waals surface area contributed by atoms with Crippen LogP contribution in [0.3, 0.4) is 0 Å². The number of rotatable bonds is 10. The van der Waals surface area contributed by atoms with Gasteiger partial charge in [0.25, 0.3) is 0 Å². The zero-order valence-corrected chi connectivity index (χ0v) is 11.2. The number of unbranched alkanes of at least 4 members (excludes halogenated alkanes) is 2. The molecule has 0 aromatic heterocycles. The molecule has 0 aliphatic heterocycles. The van der Waals surface area contributed by atoms with Gasteiger partial charge in [0.15, 0.2) is 0 Å². The Balaban J connectivity index is 2.35. The number of hydrogen-bond acceptors (Lipinski definition) is 3. The van der Waals surface area contributed by atoms with Crippen LogP contribution in [0.5, 0.6) is 0 Å². The summed E-state index contributed by atoms with van der Waals surface area (Å²) in [6, 6.07) is 10.6. The number of nitrogens with two attached hydrogens (primary N) is 1. The molecule has 0 saturated carbocycles. The molecule has 0 atom stereocenters.